The normalized spacial score (nSPS) is 13.5. The number of nitrogens with zero attached hydrogens (tertiary/aromatic N) is 6. The largest absolute Gasteiger partial charge is 0.486 e. The lowest BCUT2D eigenvalue weighted by molar-refractivity contribution is -0.130. The lowest BCUT2D eigenvalue weighted by atomic mass is 10.1. The predicted molar refractivity (Wildman–Crippen MR) is 181 cm³/mol. The lowest BCUT2D eigenvalue weighted by Gasteiger charge is -2.34. The zero-order chi connectivity index (χ0) is 33.5. The Morgan fingerprint density at radius 2 is 1.74 bits per heavy atom. The number of amides is 2. The zero-order valence-electron chi connectivity index (χ0n) is 26.7. The lowest BCUT2D eigenvalue weighted by Crippen LogP contribution is -2.48. The molecule has 3 heterocycles. The predicted octanol–water partition coefficient (Wildman–Crippen LogP) is 5.24. The van der Waals surface area contributed by atoms with Crippen LogP contribution in [0.4, 0.5) is 5.69 Å². The summed E-state index contributed by atoms with van der Waals surface area (Å²) < 4.78 is 13.7. The highest BCUT2D eigenvalue weighted by Crippen LogP contribution is 2.36. The van der Waals surface area contributed by atoms with Crippen molar-refractivity contribution in [1.82, 2.24) is 24.3 Å². The number of piperazine rings is 1. The summed E-state index contributed by atoms with van der Waals surface area (Å²) >= 11 is 13.4. The topological polar surface area (TPSA) is 110 Å². The molecule has 1 aliphatic rings. The molecule has 0 bridgehead atoms. The fourth-order valence-corrected chi connectivity index (χ4v) is 6.15. The van der Waals surface area contributed by atoms with Gasteiger partial charge in [-0.3, -0.25) is 28.8 Å². The van der Waals surface area contributed by atoms with Gasteiger partial charge in [0.2, 0.25) is 11.8 Å². The van der Waals surface area contributed by atoms with Crippen molar-refractivity contribution in [2.75, 3.05) is 51.8 Å². The van der Waals surface area contributed by atoms with Crippen molar-refractivity contribution in [2.24, 2.45) is 0 Å². The van der Waals surface area contributed by atoms with Gasteiger partial charge in [-0.1, -0.05) is 35.3 Å². The highest BCUT2D eigenvalue weighted by atomic mass is 35.5. The minimum Gasteiger partial charge on any atom is -0.486 e. The minimum atomic E-state index is -0.236. The number of rotatable bonds is 13. The molecule has 0 spiro atoms. The Bertz CT molecular complexity index is 1740. The number of ketones is 1. The molecule has 2 aromatic heterocycles. The summed E-state index contributed by atoms with van der Waals surface area (Å²) in [6, 6.07) is 15.1. The van der Waals surface area contributed by atoms with Gasteiger partial charge < -0.3 is 19.3 Å². The van der Waals surface area contributed by atoms with Crippen LogP contribution in [0.2, 0.25) is 10.0 Å². The number of halogens is 2. The summed E-state index contributed by atoms with van der Waals surface area (Å²) in [5.74, 6) is 0.371. The fraction of sp³-hybridized carbons (Fsp3) is 0.382. The molecule has 0 unspecified atom stereocenters. The smallest absolute Gasteiger partial charge is 0.297 e. The number of imidazole rings is 1. The van der Waals surface area contributed by atoms with E-state index in [4.69, 9.17) is 32.7 Å². The molecule has 248 valence electrons. The molecule has 1 saturated heterocycles. The Labute approximate surface area is 284 Å². The molecule has 0 atom stereocenters. The maximum atomic E-state index is 13.1. The third-order valence-corrected chi connectivity index (χ3v) is 9.13. The van der Waals surface area contributed by atoms with Gasteiger partial charge in [-0.05, 0) is 36.4 Å². The van der Waals surface area contributed by atoms with Gasteiger partial charge in [-0.15, -0.1) is 0 Å². The second-order valence-corrected chi connectivity index (χ2v) is 12.2. The number of carbonyl (C=O) groups is 3. The number of hydrogen-bond donors (Lipinski definition) is 0. The minimum absolute atomic E-state index is 0.0188. The second kappa shape index (κ2) is 15.6. The first-order valence-electron chi connectivity index (χ1n) is 15.4. The van der Waals surface area contributed by atoms with E-state index >= 15 is 0 Å². The van der Waals surface area contributed by atoms with Gasteiger partial charge in [0.05, 0.1) is 35.6 Å². The summed E-state index contributed by atoms with van der Waals surface area (Å²) in [6.07, 6.45) is 2.30. The third-order valence-electron chi connectivity index (χ3n) is 8.35. The summed E-state index contributed by atoms with van der Waals surface area (Å²) in [5.41, 5.74) is 3.26. The summed E-state index contributed by atoms with van der Waals surface area (Å²) in [7, 11) is 3.19. The van der Waals surface area contributed by atoms with Crippen LogP contribution in [0.15, 0.2) is 54.7 Å². The monoisotopic (exact) mass is 680 g/mol. The summed E-state index contributed by atoms with van der Waals surface area (Å²) in [5, 5.41) is 0.680. The first-order chi connectivity index (χ1) is 22.7. The quantitative estimate of drug-likeness (QED) is 0.189. The molecule has 5 rings (SSSR count). The van der Waals surface area contributed by atoms with Gasteiger partial charge in [0.15, 0.2) is 0 Å². The Morgan fingerprint density at radius 1 is 0.957 bits per heavy atom. The molecule has 1 fully saturated rings. The van der Waals surface area contributed by atoms with Crippen LogP contribution in [-0.2, 0) is 27.5 Å². The van der Waals surface area contributed by atoms with Crippen molar-refractivity contribution < 1.29 is 23.9 Å². The van der Waals surface area contributed by atoms with E-state index in [-0.39, 0.29) is 42.1 Å². The number of fused-ring (bicyclic) bond motifs is 1. The Balaban J connectivity index is 1.20. The molecule has 0 saturated carbocycles. The first kappa shape index (κ1) is 34.2. The van der Waals surface area contributed by atoms with Gasteiger partial charge in [-0.25, -0.2) is 0 Å². The number of carbonyl (C=O) groups excluding carboxylic acids is 3. The van der Waals surface area contributed by atoms with E-state index in [1.807, 2.05) is 45.9 Å². The van der Waals surface area contributed by atoms with Crippen LogP contribution in [0, 0.1) is 0 Å². The number of pyridine rings is 1. The standard InChI is InChI=1S/C34H38Cl2N6O5/c1-23(43)41-19-17-40(18-20-41)16-14-25(44)10-13-31(45)39(2)28-12-11-27(35)26(32(28)36)22-47-30-9-6-8-29-33(30)38-34(46-3)42(29)21-24-7-4-5-15-37-24/h4-9,11-12,15H,10,13-14,16-22H2,1-3H3. The van der Waals surface area contributed by atoms with E-state index in [1.165, 1.54) is 4.90 Å². The highest BCUT2D eigenvalue weighted by molar-refractivity contribution is 6.38. The Morgan fingerprint density at radius 3 is 2.45 bits per heavy atom. The van der Waals surface area contributed by atoms with E-state index < -0.39 is 0 Å². The number of methoxy groups -OCH3 is 1. The number of para-hydroxylation sites is 1. The Kier molecular flexibility index (Phi) is 11.3. The van der Waals surface area contributed by atoms with Crippen LogP contribution < -0.4 is 14.4 Å². The van der Waals surface area contributed by atoms with Crippen LogP contribution >= 0.6 is 23.2 Å². The van der Waals surface area contributed by atoms with Gasteiger partial charge >= 0.3 is 0 Å². The van der Waals surface area contributed by atoms with Crippen LogP contribution in [0.25, 0.3) is 11.0 Å². The van der Waals surface area contributed by atoms with Gasteiger partial charge in [0.25, 0.3) is 6.01 Å². The molecule has 0 aliphatic carbocycles. The van der Waals surface area contributed by atoms with E-state index in [1.54, 1.807) is 39.4 Å². The molecule has 0 radical (unpaired) electrons. The van der Waals surface area contributed by atoms with E-state index in [2.05, 4.69) is 14.9 Å². The molecule has 0 N–H and O–H groups in total. The van der Waals surface area contributed by atoms with Crippen molar-refractivity contribution in [3.8, 4) is 11.8 Å². The zero-order valence-corrected chi connectivity index (χ0v) is 28.3. The molecule has 2 aromatic carbocycles. The molecular weight excluding hydrogens is 643 g/mol. The fourth-order valence-electron chi connectivity index (χ4n) is 5.55. The average molecular weight is 682 g/mol. The van der Waals surface area contributed by atoms with Crippen LogP contribution in [-0.4, -0.2) is 88.8 Å². The number of aromatic nitrogens is 3. The van der Waals surface area contributed by atoms with Crippen molar-refractivity contribution in [1.29, 1.82) is 0 Å². The third kappa shape index (κ3) is 8.22. The summed E-state index contributed by atoms with van der Waals surface area (Å²) in [4.78, 5) is 51.7. The summed E-state index contributed by atoms with van der Waals surface area (Å²) in [6.45, 7) is 5.51. The molecule has 4 aromatic rings. The average Bonchev–Trinajstić information content (AvgIpc) is 3.44. The molecular formula is C34H38Cl2N6O5. The second-order valence-electron chi connectivity index (χ2n) is 11.4. The number of hydrogen-bond acceptors (Lipinski definition) is 8. The van der Waals surface area contributed by atoms with Crippen molar-refractivity contribution in [2.45, 2.75) is 39.3 Å². The highest BCUT2D eigenvalue weighted by Gasteiger charge is 2.22. The van der Waals surface area contributed by atoms with E-state index in [9.17, 15) is 14.4 Å². The molecule has 2 amide bonds. The number of anilines is 1. The van der Waals surface area contributed by atoms with Crippen LogP contribution in [0.5, 0.6) is 11.8 Å². The maximum absolute atomic E-state index is 13.1. The van der Waals surface area contributed by atoms with Gasteiger partial charge in [0.1, 0.15) is 23.7 Å². The SMILES string of the molecule is COc1nc2c(OCc3c(Cl)ccc(N(C)C(=O)CCC(=O)CCN4CCN(C(C)=O)CC4)c3Cl)cccc2n1Cc1ccccn1. The molecule has 47 heavy (non-hydrogen) atoms. The van der Waals surface area contributed by atoms with E-state index in [0.717, 1.165) is 24.3 Å². The molecule has 1 aliphatic heterocycles. The van der Waals surface area contributed by atoms with Crippen LogP contribution in [0.3, 0.4) is 0 Å². The van der Waals surface area contributed by atoms with Crippen molar-refractivity contribution >= 4 is 57.5 Å². The van der Waals surface area contributed by atoms with Crippen LogP contribution in [0.1, 0.15) is 37.4 Å². The number of Topliss-reactive ketones (excluding diaryl/α,β-unsaturated/α-hetero) is 1. The van der Waals surface area contributed by atoms with Gasteiger partial charge in [0, 0.05) is 82.7 Å². The van der Waals surface area contributed by atoms with Gasteiger partial charge in [-0.2, -0.15) is 4.98 Å². The first-order valence-corrected chi connectivity index (χ1v) is 16.2. The van der Waals surface area contributed by atoms with Crippen molar-refractivity contribution in [3.63, 3.8) is 0 Å². The maximum Gasteiger partial charge on any atom is 0.297 e. The van der Waals surface area contributed by atoms with Crippen molar-refractivity contribution in [3.05, 3.63) is 76.0 Å². The number of benzene rings is 2. The number of ether oxygens (including phenoxy) is 2. The molecule has 13 heteroatoms. The molecule has 11 nitrogen and oxygen atoms in total. The Hall–Kier alpha value is -4.19. The van der Waals surface area contributed by atoms with E-state index in [0.29, 0.717) is 66.1 Å².